The molecule has 1 unspecified atom stereocenters. The highest BCUT2D eigenvalue weighted by Gasteiger charge is 2.41. The van der Waals surface area contributed by atoms with Gasteiger partial charge in [-0.25, -0.2) is 9.78 Å². The minimum atomic E-state index is -0.968. The first-order valence-electron chi connectivity index (χ1n) is 9.73. The van der Waals surface area contributed by atoms with Gasteiger partial charge in [0.2, 0.25) is 0 Å². The van der Waals surface area contributed by atoms with Gasteiger partial charge in [0.25, 0.3) is 0 Å². The molecule has 1 N–H and O–H groups in total. The van der Waals surface area contributed by atoms with Crippen molar-refractivity contribution >= 4 is 11.8 Å². The Bertz CT molecular complexity index is 800. The van der Waals surface area contributed by atoms with Crippen LogP contribution in [-0.2, 0) is 0 Å². The van der Waals surface area contributed by atoms with Crippen LogP contribution in [0.1, 0.15) is 41.2 Å². The van der Waals surface area contributed by atoms with E-state index >= 15 is 0 Å². The molecule has 2 fully saturated rings. The second-order valence-electron chi connectivity index (χ2n) is 8.18. The maximum atomic E-state index is 11.2. The van der Waals surface area contributed by atoms with Crippen LogP contribution in [0.15, 0.2) is 48.5 Å². The van der Waals surface area contributed by atoms with Gasteiger partial charge in [-0.3, -0.25) is 0 Å². The number of carboxylic acids is 1. The van der Waals surface area contributed by atoms with E-state index in [-0.39, 0.29) is 5.69 Å². The highest BCUT2D eigenvalue weighted by atomic mass is 16.4. The number of hydrogen-bond donors (Lipinski definition) is 1. The second-order valence-corrected chi connectivity index (χ2v) is 8.18. The number of hydrogen-bond acceptors (Lipinski definition) is 4. The summed E-state index contributed by atoms with van der Waals surface area (Å²) in [6.45, 7) is 4.14. The second kappa shape index (κ2) is 7.31. The average Bonchev–Trinajstić information content (AvgIpc) is 2.69. The third-order valence-corrected chi connectivity index (χ3v) is 6.19. The molecule has 2 aliphatic rings. The molecular formula is C22H27N3O2. The highest BCUT2D eigenvalue weighted by Crippen LogP contribution is 2.45. The molecule has 0 saturated carbocycles. The van der Waals surface area contributed by atoms with Gasteiger partial charge < -0.3 is 14.9 Å². The number of carboxylic acid groups (broad SMARTS) is 1. The zero-order valence-electron chi connectivity index (χ0n) is 15.8. The van der Waals surface area contributed by atoms with Gasteiger partial charge >= 0.3 is 5.97 Å². The molecule has 2 aliphatic heterocycles. The molecule has 3 heterocycles. The van der Waals surface area contributed by atoms with E-state index in [1.807, 2.05) is 6.07 Å². The third kappa shape index (κ3) is 3.83. The number of anilines is 1. The van der Waals surface area contributed by atoms with E-state index in [9.17, 15) is 9.90 Å². The van der Waals surface area contributed by atoms with Crippen LogP contribution in [0.2, 0.25) is 0 Å². The van der Waals surface area contributed by atoms with E-state index in [2.05, 4.69) is 52.2 Å². The summed E-state index contributed by atoms with van der Waals surface area (Å²) in [7, 11) is 2.24. The number of carbonyl (C=O) groups is 1. The van der Waals surface area contributed by atoms with Crippen LogP contribution in [0.25, 0.3) is 0 Å². The van der Waals surface area contributed by atoms with Crippen molar-refractivity contribution in [3.63, 3.8) is 0 Å². The minimum Gasteiger partial charge on any atom is -0.477 e. The Hall–Kier alpha value is -2.40. The molecule has 1 atom stereocenters. The number of nitrogens with zero attached hydrogens (tertiary/aromatic N) is 3. The Kier molecular flexibility index (Phi) is 4.87. The van der Waals surface area contributed by atoms with Crippen LogP contribution in [-0.4, -0.2) is 54.2 Å². The number of likely N-dealkylation sites (tertiary alicyclic amines) is 1. The number of pyridine rings is 1. The molecule has 1 aromatic carbocycles. The predicted molar refractivity (Wildman–Crippen MR) is 106 cm³/mol. The zero-order valence-corrected chi connectivity index (χ0v) is 15.8. The summed E-state index contributed by atoms with van der Waals surface area (Å²) in [4.78, 5) is 20.2. The Morgan fingerprint density at radius 3 is 2.56 bits per heavy atom. The van der Waals surface area contributed by atoms with Gasteiger partial charge in [0.05, 0.1) is 0 Å². The number of likely N-dealkylation sites (N-methyl/N-ethyl adjacent to an activating group) is 1. The summed E-state index contributed by atoms with van der Waals surface area (Å²) in [5.41, 5.74) is 1.91. The number of aromatic nitrogens is 1. The lowest BCUT2D eigenvalue weighted by Crippen LogP contribution is -2.50. The molecule has 27 heavy (non-hydrogen) atoms. The Morgan fingerprint density at radius 2 is 1.85 bits per heavy atom. The average molecular weight is 365 g/mol. The van der Waals surface area contributed by atoms with Crippen LogP contribution >= 0.6 is 0 Å². The number of benzene rings is 1. The van der Waals surface area contributed by atoms with Gasteiger partial charge in [-0.2, -0.15) is 0 Å². The van der Waals surface area contributed by atoms with E-state index in [0.29, 0.717) is 11.3 Å². The molecule has 0 radical (unpaired) electrons. The molecule has 0 bridgehead atoms. The maximum absolute atomic E-state index is 11.2. The van der Waals surface area contributed by atoms with E-state index in [4.69, 9.17) is 0 Å². The van der Waals surface area contributed by atoms with E-state index in [1.54, 1.807) is 12.1 Å². The quantitative estimate of drug-likeness (QED) is 0.902. The highest BCUT2D eigenvalue weighted by molar-refractivity contribution is 5.85. The Morgan fingerprint density at radius 1 is 1.11 bits per heavy atom. The van der Waals surface area contributed by atoms with Gasteiger partial charge in [-0.05, 0) is 55.3 Å². The minimum absolute atomic E-state index is 0.120. The standard InChI is InChI=1S/C22H27N3O2/c1-24-15-18(17-6-3-2-4-7-17)14-22(16-24)10-12-25(13-11-22)20-9-5-8-19(23-20)21(26)27/h2-9,18H,10-16H2,1H3,(H,26,27). The van der Waals surface area contributed by atoms with Gasteiger partial charge in [-0.15, -0.1) is 0 Å². The van der Waals surface area contributed by atoms with Crippen LogP contribution in [0.4, 0.5) is 5.82 Å². The van der Waals surface area contributed by atoms with Gasteiger partial charge in [0, 0.05) is 26.2 Å². The predicted octanol–water partition coefficient (Wildman–Crippen LogP) is 3.49. The lowest BCUT2D eigenvalue weighted by molar-refractivity contribution is 0.0666. The number of rotatable bonds is 3. The van der Waals surface area contributed by atoms with Gasteiger partial charge in [0.1, 0.15) is 5.82 Å². The molecule has 5 nitrogen and oxygen atoms in total. The van der Waals surface area contributed by atoms with Gasteiger partial charge in [-0.1, -0.05) is 36.4 Å². The summed E-state index contributed by atoms with van der Waals surface area (Å²) >= 11 is 0. The molecule has 5 heteroatoms. The first-order chi connectivity index (χ1) is 13.0. The Balaban J connectivity index is 1.47. The number of aromatic carboxylic acids is 1. The van der Waals surface area contributed by atoms with E-state index in [1.165, 1.54) is 12.0 Å². The first-order valence-corrected chi connectivity index (χ1v) is 9.73. The lowest BCUT2D eigenvalue weighted by atomic mass is 9.68. The SMILES string of the molecule is CN1CC(c2ccccc2)CC2(CCN(c3cccc(C(=O)O)n3)CC2)C1. The van der Waals surface area contributed by atoms with Crippen molar-refractivity contribution in [2.24, 2.45) is 5.41 Å². The fourth-order valence-corrected chi connectivity index (χ4v) is 4.90. The van der Waals surface area contributed by atoms with Crippen LogP contribution in [0, 0.1) is 5.41 Å². The van der Waals surface area contributed by atoms with Crippen molar-refractivity contribution in [1.82, 2.24) is 9.88 Å². The van der Waals surface area contributed by atoms with Crippen LogP contribution in [0.5, 0.6) is 0 Å². The maximum Gasteiger partial charge on any atom is 0.354 e. The summed E-state index contributed by atoms with van der Waals surface area (Å²) in [6.07, 6.45) is 3.48. The summed E-state index contributed by atoms with van der Waals surface area (Å²) in [5.74, 6) is 0.406. The fraction of sp³-hybridized carbons (Fsp3) is 0.455. The smallest absolute Gasteiger partial charge is 0.354 e. The zero-order chi connectivity index (χ0) is 18.9. The van der Waals surface area contributed by atoms with Crippen molar-refractivity contribution in [2.75, 3.05) is 38.1 Å². The molecule has 1 spiro atoms. The molecule has 2 aromatic rings. The lowest BCUT2D eigenvalue weighted by Gasteiger charge is -2.49. The van der Waals surface area contributed by atoms with Crippen molar-refractivity contribution in [3.8, 4) is 0 Å². The third-order valence-electron chi connectivity index (χ3n) is 6.19. The normalized spacial score (nSPS) is 22.7. The summed E-state index contributed by atoms with van der Waals surface area (Å²) < 4.78 is 0. The fourth-order valence-electron chi connectivity index (χ4n) is 4.90. The molecular weight excluding hydrogens is 338 g/mol. The molecule has 2 saturated heterocycles. The van der Waals surface area contributed by atoms with E-state index < -0.39 is 5.97 Å². The summed E-state index contributed by atoms with van der Waals surface area (Å²) in [5, 5.41) is 9.19. The monoisotopic (exact) mass is 365 g/mol. The Labute approximate surface area is 160 Å². The van der Waals surface area contributed by atoms with Crippen molar-refractivity contribution < 1.29 is 9.90 Å². The molecule has 142 valence electrons. The topological polar surface area (TPSA) is 56.7 Å². The van der Waals surface area contributed by atoms with Crippen molar-refractivity contribution in [1.29, 1.82) is 0 Å². The van der Waals surface area contributed by atoms with E-state index in [0.717, 1.165) is 44.8 Å². The number of piperidine rings is 2. The summed E-state index contributed by atoms with van der Waals surface area (Å²) in [6, 6.07) is 16.1. The van der Waals surface area contributed by atoms with Crippen molar-refractivity contribution in [3.05, 3.63) is 59.8 Å². The van der Waals surface area contributed by atoms with Crippen molar-refractivity contribution in [2.45, 2.75) is 25.2 Å². The molecule has 0 aliphatic carbocycles. The molecule has 0 amide bonds. The van der Waals surface area contributed by atoms with Crippen LogP contribution in [0.3, 0.4) is 0 Å². The van der Waals surface area contributed by atoms with Gasteiger partial charge in [0.15, 0.2) is 5.69 Å². The molecule has 4 rings (SSSR count). The largest absolute Gasteiger partial charge is 0.477 e. The first kappa shape index (κ1) is 18.0. The molecule has 1 aromatic heterocycles. The van der Waals surface area contributed by atoms with Crippen LogP contribution < -0.4 is 4.90 Å².